The molecule has 1 unspecified atom stereocenters. The van der Waals surface area contributed by atoms with Gasteiger partial charge in [0.25, 0.3) is 0 Å². The summed E-state index contributed by atoms with van der Waals surface area (Å²) >= 11 is 0. The van der Waals surface area contributed by atoms with Gasteiger partial charge in [-0.15, -0.1) is 0 Å². The van der Waals surface area contributed by atoms with Gasteiger partial charge in [0.2, 0.25) is 6.41 Å². The fraction of sp³-hybridized carbons (Fsp3) is 0.656. The van der Waals surface area contributed by atoms with E-state index in [4.69, 9.17) is 5.73 Å². The molecule has 1 rings (SSSR count). The Balaban J connectivity index is -0.000000218. The minimum atomic E-state index is 0.167. The summed E-state index contributed by atoms with van der Waals surface area (Å²) in [5, 5.41) is 6.67. The van der Waals surface area contributed by atoms with Crippen molar-refractivity contribution in [3.8, 4) is 0 Å². The number of nitrogens with zero attached hydrogens (tertiary/aromatic N) is 2. The maximum atomic E-state index is 10.3. The molecule has 7 heteroatoms. The lowest BCUT2D eigenvalue weighted by Crippen LogP contribution is -2.39. The molecular weight excluding hydrogens is 486 g/mol. The molecule has 228 valence electrons. The van der Waals surface area contributed by atoms with E-state index in [0.717, 1.165) is 35.6 Å². The molecule has 1 aliphatic heterocycles. The van der Waals surface area contributed by atoms with Crippen molar-refractivity contribution in [2.24, 2.45) is 22.1 Å². The largest absolute Gasteiger partial charge is 0.344 e. The van der Waals surface area contributed by atoms with E-state index < -0.39 is 0 Å². The summed E-state index contributed by atoms with van der Waals surface area (Å²) < 4.78 is 0. The van der Waals surface area contributed by atoms with Gasteiger partial charge in [0, 0.05) is 32.6 Å². The maximum Gasteiger partial charge on any atom is 0.209 e. The zero-order valence-corrected chi connectivity index (χ0v) is 27.3. The van der Waals surface area contributed by atoms with Crippen LogP contribution in [-0.2, 0) is 9.59 Å². The van der Waals surface area contributed by atoms with Crippen molar-refractivity contribution in [1.29, 1.82) is 0 Å². The molecular formula is C32H63N5O2. The van der Waals surface area contributed by atoms with Crippen LogP contribution in [-0.4, -0.2) is 70.1 Å². The highest BCUT2D eigenvalue weighted by molar-refractivity contribution is 5.72. The van der Waals surface area contributed by atoms with Gasteiger partial charge < -0.3 is 26.1 Å². The van der Waals surface area contributed by atoms with Crippen molar-refractivity contribution in [3.63, 3.8) is 0 Å². The Morgan fingerprint density at radius 2 is 1.72 bits per heavy atom. The van der Waals surface area contributed by atoms with Crippen LogP contribution in [0.3, 0.4) is 0 Å². The average Bonchev–Trinajstić information content (AvgIpc) is 2.91. The van der Waals surface area contributed by atoms with Gasteiger partial charge in [-0.05, 0) is 109 Å². The van der Waals surface area contributed by atoms with E-state index in [1.807, 2.05) is 47.7 Å². The summed E-state index contributed by atoms with van der Waals surface area (Å²) in [7, 11) is 3.76. The number of allylic oxidation sites excluding steroid dienone is 4. The molecule has 1 saturated heterocycles. The number of piperidine rings is 1. The lowest BCUT2D eigenvalue weighted by atomic mass is 9.70. The minimum Gasteiger partial charge on any atom is -0.344 e. The molecule has 0 radical (unpaired) electrons. The Morgan fingerprint density at radius 3 is 2.08 bits per heavy atom. The molecule has 39 heavy (non-hydrogen) atoms. The lowest BCUT2D eigenvalue weighted by molar-refractivity contribution is -0.117. The first-order valence-electron chi connectivity index (χ1n) is 14.1. The fourth-order valence-corrected chi connectivity index (χ4v) is 3.29. The quantitative estimate of drug-likeness (QED) is 0.168. The molecule has 7 nitrogen and oxygen atoms in total. The molecule has 0 aromatic carbocycles. The Labute approximate surface area is 242 Å². The normalized spacial score (nSPS) is 14.9. The Morgan fingerprint density at radius 1 is 1.21 bits per heavy atom. The molecule has 0 spiro atoms. The third-order valence-corrected chi connectivity index (χ3v) is 6.09. The molecule has 0 aliphatic carbocycles. The number of Topliss-reactive ketones (excluding diaryl/α,β-unsaturated/α-hetero) is 1. The second-order valence-corrected chi connectivity index (χ2v) is 9.89. The van der Waals surface area contributed by atoms with Crippen molar-refractivity contribution in [2.45, 2.75) is 81.6 Å². The molecule has 1 fully saturated rings. The molecule has 0 bridgehead atoms. The second kappa shape index (κ2) is 30.2. The minimum absolute atomic E-state index is 0.167. The molecule has 0 aromatic heterocycles. The molecule has 1 aliphatic rings. The Hall–Kier alpha value is -2.35. The van der Waals surface area contributed by atoms with Gasteiger partial charge in [-0.25, -0.2) is 0 Å². The van der Waals surface area contributed by atoms with E-state index in [2.05, 4.69) is 42.6 Å². The van der Waals surface area contributed by atoms with Crippen molar-refractivity contribution in [3.05, 3.63) is 48.2 Å². The van der Waals surface area contributed by atoms with Crippen molar-refractivity contribution in [1.82, 2.24) is 15.5 Å². The van der Waals surface area contributed by atoms with E-state index in [9.17, 15) is 9.59 Å². The van der Waals surface area contributed by atoms with Crippen molar-refractivity contribution >= 4 is 18.4 Å². The molecule has 1 heterocycles. The number of aliphatic imine (C=N–C) groups is 1. The summed E-state index contributed by atoms with van der Waals surface area (Å²) in [6, 6.07) is 0. The fourth-order valence-electron chi connectivity index (χ4n) is 3.29. The van der Waals surface area contributed by atoms with Crippen LogP contribution in [0.2, 0.25) is 0 Å². The number of carbonyl (C=O) groups is 2. The zero-order valence-electron chi connectivity index (χ0n) is 27.3. The number of likely N-dealkylation sites (N-methyl/N-ethyl adjacent to an activating group) is 1. The lowest BCUT2D eigenvalue weighted by Gasteiger charge is -2.39. The van der Waals surface area contributed by atoms with Crippen LogP contribution in [0.5, 0.6) is 0 Å². The summed E-state index contributed by atoms with van der Waals surface area (Å²) in [6.45, 7) is 29.6. The molecule has 0 saturated carbocycles. The van der Waals surface area contributed by atoms with Gasteiger partial charge in [-0.2, -0.15) is 0 Å². The average molecular weight is 550 g/mol. The van der Waals surface area contributed by atoms with Crippen molar-refractivity contribution < 1.29 is 9.59 Å². The van der Waals surface area contributed by atoms with Gasteiger partial charge >= 0.3 is 0 Å². The van der Waals surface area contributed by atoms with Gasteiger partial charge in [-0.3, -0.25) is 9.79 Å². The molecule has 0 aromatic rings. The standard InChI is InChI=1S/C11H24N2.C9H16N2O.C7H11N.C3H6O.C2H6/c1-10(4-7-12-3)11(2)5-8-13-9-6-11;1-4-8(2)9(5-10)6-11(3)7-12;1-4-8-6-5-7(2)3;1-3(2)4;1-2/h10,12-13H,4-9H2,1-3H3;4,7H,1,5-6,10H2,2-3H3;4-6H,2H2,1,3H3;1-2H3;1-2H3/b;9-8+;6-5-,8-4?;;. The first-order chi connectivity index (χ1) is 18.3. The summed E-state index contributed by atoms with van der Waals surface area (Å²) in [6.07, 6.45) is 11.9. The van der Waals surface area contributed by atoms with Gasteiger partial charge in [0.1, 0.15) is 5.78 Å². The highest BCUT2D eigenvalue weighted by Gasteiger charge is 2.31. The molecule has 4 N–H and O–H groups in total. The van der Waals surface area contributed by atoms with Crippen LogP contribution < -0.4 is 16.4 Å². The summed E-state index contributed by atoms with van der Waals surface area (Å²) in [5.41, 5.74) is 9.20. The number of nitrogens with one attached hydrogen (secondary N) is 2. The molecule has 1 atom stereocenters. The van der Waals surface area contributed by atoms with Gasteiger partial charge in [0.05, 0.1) is 0 Å². The number of ketones is 1. The SMILES string of the molecule is C=C(C)/C=C\N=CC.C=C/C(C)=C(\CN)CN(C)C=O.CC.CC(C)=O.CNCCC(C)C1(C)CCNCC1. The summed E-state index contributed by atoms with van der Waals surface area (Å²) in [5.74, 6) is 1.02. The number of carbonyl (C=O) groups excluding carboxylic acids is 2. The third-order valence-electron chi connectivity index (χ3n) is 6.09. The van der Waals surface area contributed by atoms with Crippen LogP contribution in [0.25, 0.3) is 0 Å². The predicted molar refractivity (Wildman–Crippen MR) is 174 cm³/mol. The van der Waals surface area contributed by atoms with Crippen LogP contribution in [0.4, 0.5) is 0 Å². The first kappa shape index (κ1) is 43.7. The topological polar surface area (TPSA) is 99.8 Å². The first-order valence-corrected chi connectivity index (χ1v) is 14.1. The van der Waals surface area contributed by atoms with Crippen LogP contribution >= 0.6 is 0 Å². The maximum absolute atomic E-state index is 10.3. The second-order valence-electron chi connectivity index (χ2n) is 9.89. The van der Waals surface area contributed by atoms with E-state index >= 15 is 0 Å². The molecule has 1 amide bonds. The van der Waals surface area contributed by atoms with E-state index in [1.165, 1.54) is 46.2 Å². The Kier molecular flexibility index (Phi) is 33.8. The number of hydrogen-bond donors (Lipinski definition) is 3. The van der Waals surface area contributed by atoms with Gasteiger partial charge in [0.15, 0.2) is 0 Å². The summed E-state index contributed by atoms with van der Waals surface area (Å²) in [4.78, 5) is 25.1. The zero-order chi connectivity index (χ0) is 31.3. The van der Waals surface area contributed by atoms with Crippen LogP contribution in [0, 0.1) is 11.3 Å². The van der Waals surface area contributed by atoms with Crippen molar-refractivity contribution in [2.75, 3.05) is 46.8 Å². The number of amides is 1. The Bertz CT molecular complexity index is 716. The number of rotatable bonds is 11. The highest BCUT2D eigenvalue weighted by atomic mass is 16.1. The highest BCUT2D eigenvalue weighted by Crippen LogP contribution is 2.37. The third kappa shape index (κ3) is 30.1. The van der Waals surface area contributed by atoms with E-state index in [1.54, 1.807) is 30.4 Å². The number of hydrogen-bond acceptors (Lipinski definition) is 6. The van der Waals surface area contributed by atoms with E-state index in [-0.39, 0.29) is 5.78 Å². The van der Waals surface area contributed by atoms with Crippen LogP contribution in [0.1, 0.15) is 81.6 Å². The smallest absolute Gasteiger partial charge is 0.209 e. The predicted octanol–water partition coefficient (Wildman–Crippen LogP) is 5.95. The van der Waals surface area contributed by atoms with E-state index in [0.29, 0.717) is 18.5 Å². The van der Waals surface area contributed by atoms with Crippen LogP contribution in [0.15, 0.2) is 53.2 Å². The number of nitrogens with two attached hydrogens (primary N) is 1. The van der Waals surface area contributed by atoms with Gasteiger partial charge in [-0.1, -0.05) is 52.5 Å². The monoisotopic (exact) mass is 549 g/mol.